The minimum atomic E-state index is -0.0191. The third kappa shape index (κ3) is 4.72. The maximum absolute atomic E-state index is 6.39. The number of pyridine rings is 1. The van der Waals surface area contributed by atoms with Crippen molar-refractivity contribution in [2.45, 2.75) is 44.6 Å². The quantitative estimate of drug-likeness (QED) is 0.280. The van der Waals surface area contributed by atoms with E-state index in [1.165, 1.54) is 11.9 Å². The molecule has 6 rings (SSSR count). The van der Waals surface area contributed by atoms with Gasteiger partial charge in [-0.1, -0.05) is 35.9 Å². The van der Waals surface area contributed by atoms with Crippen LogP contribution in [-0.4, -0.2) is 25.6 Å². The van der Waals surface area contributed by atoms with Gasteiger partial charge in [-0.15, -0.1) is 0 Å². The Hall–Kier alpha value is -3.68. The van der Waals surface area contributed by atoms with Crippen LogP contribution in [0.2, 0.25) is 5.02 Å². The first-order valence-electron chi connectivity index (χ1n) is 12.2. The molecule has 0 saturated carbocycles. The summed E-state index contributed by atoms with van der Waals surface area (Å²) in [5.74, 6) is 1.36. The van der Waals surface area contributed by atoms with Gasteiger partial charge in [0.1, 0.15) is 29.8 Å². The first-order valence-corrected chi connectivity index (χ1v) is 12.6. The van der Waals surface area contributed by atoms with Gasteiger partial charge in [-0.25, -0.2) is 15.0 Å². The van der Waals surface area contributed by atoms with Crippen LogP contribution in [0.15, 0.2) is 73.2 Å². The Morgan fingerprint density at radius 3 is 2.72 bits per heavy atom. The fourth-order valence-electron chi connectivity index (χ4n) is 4.87. The summed E-state index contributed by atoms with van der Waals surface area (Å²) >= 11 is 5.98. The lowest BCUT2D eigenvalue weighted by atomic mass is 10.0. The smallest absolute Gasteiger partial charge is 0.147 e. The van der Waals surface area contributed by atoms with Crippen LogP contribution in [0.3, 0.4) is 0 Å². The van der Waals surface area contributed by atoms with E-state index < -0.39 is 0 Å². The van der Waals surface area contributed by atoms with Crippen LogP contribution in [0.1, 0.15) is 36.6 Å². The summed E-state index contributed by atoms with van der Waals surface area (Å²) in [6.45, 7) is 0.699. The number of fused-ring (bicyclic) bond motifs is 2. The molecule has 0 amide bonds. The molecule has 182 valence electrons. The molecular formula is C28H27ClN6O. The molecule has 0 aliphatic carbocycles. The van der Waals surface area contributed by atoms with Gasteiger partial charge in [-0.05, 0) is 73.2 Å². The molecule has 7 nitrogen and oxygen atoms in total. The number of anilines is 2. The normalized spacial score (nSPS) is 17.7. The molecule has 2 aromatic carbocycles. The molecule has 1 fully saturated rings. The Morgan fingerprint density at radius 2 is 1.83 bits per heavy atom. The number of nitrogens with zero attached hydrogens (tertiary/aromatic N) is 4. The monoisotopic (exact) mass is 498 g/mol. The maximum Gasteiger partial charge on any atom is 0.147 e. The van der Waals surface area contributed by atoms with Gasteiger partial charge in [0, 0.05) is 23.2 Å². The van der Waals surface area contributed by atoms with Crippen LogP contribution >= 0.6 is 11.6 Å². The van der Waals surface area contributed by atoms with Crippen LogP contribution in [0.25, 0.3) is 21.9 Å². The molecule has 4 heterocycles. The SMILES string of the molecule is Nc1ncnc2c1ccn2C1CCC(CCc2ccc3ccc(NCc4ccc(Cl)cc4)nc3c2)O1. The molecule has 8 heteroatoms. The van der Waals surface area contributed by atoms with E-state index in [9.17, 15) is 0 Å². The van der Waals surface area contributed by atoms with Crippen LogP contribution in [0.4, 0.5) is 11.6 Å². The number of hydrogen-bond acceptors (Lipinski definition) is 6. The second-order valence-electron chi connectivity index (χ2n) is 9.25. The molecule has 2 unspecified atom stereocenters. The fourth-order valence-corrected chi connectivity index (χ4v) is 4.99. The van der Waals surface area contributed by atoms with Crippen molar-refractivity contribution in [1.29, 1.82) is 0 Å². The summed E-state index contributed by atoms with van der Waals surface area (Å²) < 4.78 is 8.47. The molecule has 3 aromatic heterocycles. The highest BCUT2D eigenvalue weighted by molar-refractivity contribution is 6.30. The Morgan fingerprint density at radius 1 is 1.00 bits per heavy atom. The number of nitrogen functional groups attached to an aromatic ring is 1. The number of nitrogens with two attached hydrogens (primary N) is 1. The molecule has 5 aromatic rings. The van der Waals surface area contributed by atoms with Gasteiger partial charge in [0.15, 0.2) is 0 Å². The molecule has 0 bridgehead atoms. The average molecular weight is 499 g/mol. The summed E-state index contributed by atoms with van der Waals surface area (Å²) in [7, 11) is 0. The third-order valence-electron chi connectivity index (χ3n) is 6.83. The zero-order chi connectivity index (χ0) is 24.5. The van der Waals surface area contributed by atoms with Crippen molar-refractivity contribution >= 4 is 45.2 Å². The van der Waals surface area contributed by atoms with Crippen molar-refractivity contribution in [2.75, 3.05) is 11.1 Å². The van der Waals surface area contributed by atoms with Crippen molar-refractivity contribution in [1.82, 2.24) is 19.5 Å². The van der Waals surface area contributed by atoms with E-state index in [4.69, 9.17) is 27.1 Å². The number of aryl methyl sites for hydroxylation is 1. The van der Waals surface area contributed by atoms with Crippen LogP contribution < -0.4 is 11.1 Å². The van der Waals surface area contributed by atoms with Gasteiger partial charge in [0.05, 0.1) is 17.0 Å². The summed E-state index contributed by atoms with van der Waals surface area (Å²) in [6.07, 6.45) is 7.59. The number of ether oxygens (including phenoxy) is 1. The van der Waals surface area contributed by atoms with Gasteiger partial charge in [0.2, 0.25) is 0 Å². The van der Waals surface area contributed by atoms with Crippen LogP contribution in [0, 0.1) is 0 Å². The Bertz CT molecular complexity index is 1520. The van der Waals surface area contributed by atoms with Crippen molar-refractivity contribution in [3.8, 4) is 0 Å². The predicted octanol–water partition coefficient (Wildman–Crippen LogP) is 6.14. The zero-order valence-electron chi connectivity index (χ0n) is 19.8. The molecule has 1 saturated heterocycles. The largest absolute Gasteiger partial charge is 0.383 e. The summed E-state index contributed by atoms with van der Waals surface area (Å²) in [6, 6.07) is 20.5. The lowest BCUT2D eigenvalue weighted by molar-refractivity contribution is 0.00120. The highest BCUT2D eigenvalue weighted by atomic mass is 35.5. The van der Waals surface area contributed by atoms with Gasteiger partial charge in [-0.3, -0.25) is 0 Å². The third-order valence-corrected chi connectivity index (χ3v) is 7.09. The molecule has 2 atom stereocenters. The number of hydrogen-bond donors (Lipinski definition) is 2. The average Bonchev–Trinajstić information content (AvgIpc) is 3.55. The van der Waals surface area contributed by atoms with Crippen LogP contribution in [-0.2, 0) is 17.7 Å². The van der Waals surface area contributed by atoms with Gasteiger partial charge < -0.3 is 20.4 Å². The molecule has 0 spiro atoms. The van der Waals surface area contributed by atoms with Gasteiger partial charge in [0.25, 0.3) is 0 Å². The van der Waals surface area contributed by atoms with Crippen molar-refractivity contribution in [3.63, 3.8) is 0 Å². The van der Waals surface area contributed by atoms with E-state index in [-0.39, 0.29) is 12.3 Å². The molecule has 1 aliphatic rings. The summed E-state index contributed by atoms with van der Waals surface area (Å²) in [4.78, 5) is 13.3. The van der Waals surface area contributed by atoms with Crippen molar-refractivity contribution < 1.29 is 4.74 Å². The molecule has 0 radical (unpaired) electrons. The van der Waals surface area contributed by atoms with Crippen LogP contribution in [0.5, 0.6) is 0 Å². The predicted molar refractivity (Wildman–Crippen MR) is 144 cm³/mol. The lowest BCUT2D eigenvalue weighted by Crippen LogP contribution is -2.12. The van der Waals surface area contributed by atoms with E-state index in [2.05, 4.69) is 44.1 Å². The summed E-state index contributed by atoms with van der Waals surface area (Å²) in [5.41, 5.74) is 10.2. The highest BCUT2D eigenvalue weighted by Crippen LogP contribution is 2.33. The number of nitrogens with one attached hydrogen (secondary N) is 1. The van der Waals surface area contributed by atoms with Gasteiger partial charge >= 0.3 is 0 Å². The molecule has 36 heavy (non-hydrogen) atoms. The van der Waals surface area contributed by atoms with E-state index in [1.807, 2.05) is 42.6 Å². The van der Waals surface area contributed by atoms with E-state index >= 15 is 0 Å². The van der Waals surface area contributed by atoms with Crippen molar-refractivity contribution in [2.24, 2.45) is 0 Å². The van der Waals surface area contributed by atoms with E-state index in [0.29, 0.717) is 12.4 Å². The first kappa shape index (κ1) is 22.8. The van der Waals surface area contributed by atoms with E-state index in [0.717, 1.165) is 64.0 Å². The number of benzene rings is 2. The van der Waals surface area contributed by atoms with E-state index in [1.54, 1.807) is 0 Å². The number of halogens is 1. The minimum Gasteiger partial charge on any atom is -0.383 e. The molecular weight excluding hydrogens is 472 g/mol. The fraction of sp³-hybridized carbons (Fsp3) is 0.250. The Labute approximate surface area is 214 Å². The first-order chi connectivity index (χ1) is 17.6. The Balaban J connectivity index is 1.09. The zero-order valence-corrected chi connectivity index (χ0v) is 20.5. The number of rotatable bonds is 7. The highest BCUT2D eigenvalue weighted by Gasteiger charge is 2.27. The standard InChI is InChI=1S/C28H27ClN6O/c29-21-7-2-19(3-8-21)16-31-25-11-6-20-5-1-18(15-24(20)34-25)4-9-22-10-12-26(36-22)35-14-13-23-27(30)32-17-33-28(23)35/h1-3,5-8,11,13-15,17,22,26H,4,9-10,12,16H2,(H,31,34)(H2,30,32,33). The second-order valence-corrected chi connectivity index (χ2v) is 9.69. The topological polar surface area (TPSA) is 90.9 Å². The van der Waals surface area contributed by atoms with Crippen molar-refractivity contribution in [3.05, 3.63) is 89.3 Å². The number of aromatic nitrogens is 4. The van der Waals surface area contributed by atoms with Gasteiger partial charge in [-0.2, -0.15) is 0 Å². The maximum atomic E-state index is 6.39. The Kier molecular flexibility index (Phi) is 6.17. The molecule has 3 N–H and O–H groups in total. The molecule has 1 aliphatic heterocycles. The summed E-state index contributed by atoms with van der Waals surface area (Å²) in [5, 5.41) is 6.16. The minimum absolute atomic E-state index is 0.0191. The lowest BCUT2D eigenvalue weighted by Gasteiger charge is -2.16. The second kappa shape index (κ2) is 9.76.